The van der Waals surface area contributed by atoms with Gasteiger partial charge in [-0.25, -0.2) is 0 Å². The molecule has 1 aliphatic rings. The molecule has 4 heteroatoms. The number of aliphatic hydroxyl groups excluding tert-OH is 1. The molecule has 2 atom stereocenters. The van der Waals surface area contributed by atoms with Gasteiger partial charge in [0.25, 0.3) is 0 Å². The number of amides is 1. The summed E-state index contributed by atoms with van der Waals surface area (Å²) in [6, 6.07) is 6.08. The minimum atomic E-state index is -0.395. The standard InChI is InChI=1S/C16H24N2O2/c1-11-7-8-18(10-14(11)19)15(20)9-17-16-12(2)5-4-6-13(16)3/h4-6,11,14,17,19H,7-10H2,1-3H3. The van der Waals surface area contributed by atoms with Gasteiger partial charge >= 0.3 is 0 Å². The van der Waals surface area contributed by atoms with Crippen LogP contribution in [0.25, 0.3) is 0 Å². The van der Waals surface area contributed by atoms with Crippen LogP contribution in [0.5, 0.6) is 0 Å². The third-order valence-electron chi connectivity index (χ3n) is 4.17. The van der Waals surface area contributed by atoms with Gasteiger partial charge < -0.3 is 15.3 Å². The predicted molar refractivity (Wildman–Crippen MR) is 80.8 cm³/mol. The molecule has 4 nitrogen and oxygen atoms in total. The maximum atomic E-state index is 12.2. The molecule has 1 heterocycles. The van der Waals surface area contributed by atoms with Crippen LogP contribution in [0.4, 0.5) is 5.69 Å². The summed E-state index contributed by atoms with van der Waals surface area (Å²) in [5.41, 5.74) is 3.32. The first-order valence-electron chi connectivity index (χ1n) is 7.25. The van der Waals surface area contributed by atoms with Gasteiger partial charge in [-0.3, -0.25) is 4.79 Å². The van der Waals surface area contributed by atoms with Crippen molar-refractivity contribution in [3.8, 4) is 0 Å². The monoisotopic (exact) mass is 276 g/mol. The molecule has 20 heavy (non-hydrogen) atoms. The van der Waals surface area contributed by atoms with E-state index in [-0.39, 0.29) is 18.4 Å². The Hall–Kier alpha value is -1.55. The number of anilines is 1. The average Bonchev–Trinajstić information content (AvgIpc) is 2.41. The van der Waals surface area contributed by atoms with E-state index in [0.717, 1.165) is 29.8 Å². The molecule has 1 fully saturated rings. The number of piperidine rings is 1. The van der Waals surface area contributed by atoms with Gasteiger partial charge in [-0.1, -0.05) is 25.1 Å². The van der Waals surface area contributed by atoms with E-state index in [1.165, 1.54) is 0 Å². The van der Waals surface area contributed by atoms with Crippen molar-refractivity contribution in [2.75, 3.05) is 25.0 Å². The number of carbonyl (C=O) groups excluding carboxylic acids is 1. The van der Waals surface area contributed by atoms with Crippen molar-refractivity contribution in [3.63, 3.8) is 0 Å². The SMILES string of the molecule is Cc1cccc(C)c1NCC(=O)N1CCC(C)C(O)C1. The molecule has 110 valence electrons. The number of nitrogens with one attached hydrogen (secondary N) is 1. The van der Waals surface area contributed by atoms with Gasteiger partial charge in [0.15, 0.2) is 0 Å². The summed E-state index contributed by atoms with van der Waals surface area (Å²) in [5.74, 6) is 0.337. The van der Waals surface area contributed by atoms with Crippen molar-refractivity contribution in [1.29, 1.82) is 0 Å². The molecule has 2 unspecified atom stereocenters. The van der Waals surface area contributed by atoms with Crippen LogP contribution >= 0.6 is 0 Å². The lowest BCUT2D eigenvalue weighted by atomic mass is 9.96. The highest BCUT2D eigenvalue weighted by Crippen LogP contribution is 2.20. The first-order valence-corrected chi connectivity index (χ1v) is 7.25. The van der Waals surface area contributed by atoms with Gasteiger partial charge in [-0.15, -0.1) is 0 Å². The van der Waals surface area contributed by atoms with E-state index in [4.69, 9.17) is 0 Å². The lowest BCUT2D eigenvalue weighted by Gasteiger charge is -2.34. The van der Waals surface area contributed by atoms with Crippen molar-refractivity contribution < 1.29 is 9.90 Å². The molecule has 0 aliphatic carbocycles. The smallest absolute Gasteiger partial charge is 0.241 e. The molecule has 2 N–H and O–H groups in total. The van der Waals surface area contributed by atoms with Crippen LogP contribution in [0.15, 0.2) is 18.2 Å². The summed E-state index contributed by atoms with van der Waals surface area (Å²) in [6.07, 6.45) is 0.476. The molecule has 0 spiro atoms. The average molecular weight is 276 g/mol. The molecule has 0 saturated carbocycles. The van der Waals surface area contributed by atoms with Crippen LogP contribution in [-0.2, 0) is 4.79 Å². The van der Waals surface area contributed by atoms with Gasteiger partial charge in [0.05, 0.1) is 12.6 Å². The number of hydrogen-bond donors (Lipinski definition) is 2. The van der Waals surface area contributed by atoms with E-state index in [1.54, 1.807) is 4.90 Å². The quantitative estimate of drug-likeness (QED) is 0.887. The molecule has 0 aromatic heterocycles. The summed E-state index contributed by atoms with van der Waals surface area (Å²) < 4.78 is 0. The van der Waals surface area contributed by atoms with Crippen LogP contribution in [0, 0.1) is 19.8 Å². The molecule has 1 amide bonds. The molecule has 1 aromatic carbocycles. The second-order valence-electron chi connectivity index (χ2n) is 5.79. The van der Waals surface area contributed by atoms with Crippen LogP contribution in [-0.4, -0.2) is 41.7 Å². The number of carbonyl (C=O) groups is 1. The molecular weight excluding hydrogens is 252 g/mol. The first kappa shape index (κ1) is 14.9. The van der Waals surface area contributed by atoms with Gasteiger partial charge in [-0.05, 0) is 37.3 Å². The van der Waals surface area contributed by atoms with Gasteiger partial charge in [0.2, 0.25) is 5.91 Å². The van der Waals surface area contributed by atoms with Crippen LogP contribution in [0.3, 0.4) is 0 Å². The Morgan fingerprint density at radius 1 is 1.40 bits per heavy atom. The Morgan fingerprint density at radius 3 is 2.65 bits per heavy atom. The minimum absolute atomic E-state index is 0.0543. The second kappa shape index (κ2) is 6.27. The van der Waals surface area contributed by atoms with Gasteiger partial charge in [0.1, 0.15) is 0 Å². The molecular formula is C16H24N2O2. The normalized spacial score (nSPS) is 22.7. The predicted octanol–water partition coefficient (Wildman–Crippen LogP) is 1.94. The third kappa shape index (κ3) is 3.31. The minimum Gasteiger partial charge on any atom is -0.391 e. The number of benzene rings is 1. The summed E-state index contributed by atoms with van der Waals surface area (Å²) in [7, 11) is 0. The molecule has 0 bridgehead atoms. The van der Waals surface area contributed by atoms with Crippen molar-refractivity contribution >= 4 is 11.6 Å². The number of aliphatic hydroxyl groups is 1. The highest BCUT2D eigenvalue weighted by molar-refractivity contribution is 5.81. The lowest BCUT2D eigenvalue weighted by Crippen LogP contribution is -2.47. The first-order chi connectivity index (χ1) is 9.49. The van der Waals surface area contributed by atoms with Crippen LogP contribution < -0.4 is 5.32 Å². The maximum absolute atomic E-state index is 12.2. The van der Waals surface area contributed by atoms with Crippen LogP contribution in [0.1, 0.15) is 24.5 Å². The van der Waals surface area contributed by atoms with Gasteiger partial charge in [0, 0.05) is 18.8 Å². The van der Waals surface area contributed by atoms with E-state index >= 15 is 0 Å². The fourth-order valence-electron chi connectivity index (χ4n) is 2.64. The lowest BCUT2D eigenvalue weighted by molar-refractivity contribution is -0.133. The summed E-state index contributed by atoms with van der Waals surface area (Å²) in [6.45, 7) is 7.58. The fraction of sp³-hybridized carbons (Fsp3) is 0.562. The number of rotatable bonds is 3. The Labute approximate surface area is 120 Å². The Morgan fingerprint density at radius 2 is 2.05 bits per heavy atom. The van der Waals surface area contributed by atoms with Gasteiger partial charge in [-0.2, -0.15) is 0 Å². The Bertz CT molecular complexity index is 467. The maximum Gasteiger partial charge on any atom is 0.241 e. The summed E-state index contributed by atoms with van der Waals surface area (Å²) in [4.78, 5) is 14.0. The van der Waals surface area contributed by atoms with Crippen LogP contribution in [0.2, 0.25) is 0 Å². The highest BCUT2D eigenvalue weighted by Gasteiger charge is 2.26. The van der Waals surface area contributed by atoms with E-state index in [2.05, 4.69) is 5.32 Å². The zero-order valence-electron chi connectivity index (χ0n) is 12.5. The van der Waals surface area contributed by atoms with Crippen molar-refractivity contribution in [1.82, 2.24) is 4.90 Å². The largest absolute Gasteiger partial charge is 0.391 e. The van der Waals surface area contributed by atoms with Crippen molar-refractivity contribution in [3.05, 3.63) is 29.3 Å². The number of hydrogen-bond acceptors (Lipinski definition) is 3. The van der Waals surface area contributed by atoms with E-state index in [0.29, 0.717) is 6.54 Å². The summed E-state index contributed by atoms with van der Waals surface area (Å²) in [5, 5.41) is 13.1. The Kier molecular flexibility index (Phi) is 4.65. The molecule has 2 rings (SSSR count). The molecule has 1 saturated heterocycles. The molecule has 1 aromatic rings. The molecule has 0 radical (unpaired) electrons. The Balaban J connectivity index is 1.92. The number of nitrogens with zero attached hydrogens (tertiary/aromatic N) is 1. The molecule has 1 aliphatic heterocycles. The number of aryl methyl sites for hydroxylation is 2. The van der Waals surface area contributed by atoms with E-state index < -0.39 is 6.10 Å². The van der Waals surface area contributed by atoms with E-state index in [9.17, 15) is 9.90 Å². The fourth-order valence-corrected chi connectivity index (χ4v) is 2.64. The number of likely N-dealkylation sites (tertiary alicyclic amines) is 1. The van der Waals surface area contributed by atoms with E-state index in [1.807, 2.05) is 39.0 Å². The second-order valence-corrected chi connectivity index (χ2v) is 5.79. The number of β-amino-alcohol motifs (C(OH)–C–C–N with tert-alkyl or cyclic N) is 1. The topological polar surface area (TPSA) is 52.6 Å². The zero-order valence-corrected chi connectivity index (χ0v) is 12.5. The van der Waals surface area contributed by atoms with Crippen molar-refractivity contribution in [2.45, 2.75) is 33.3 Å². The number of para-hydroxylation sites is 1. The zero-order chi connectivity index (χ0) is 14.7. The third-order valence-corrected chi connectivity index (χ3v) is 4.17. The van der Waals surface area contributed by atoms with Crippen molar-refractivity contribution in [2.24, 2.45) is 5.92 Å². The highest BCUT2D eigenvalue weighted by atomic mass is 16.3. The summed E-state index contributed by atoms with van der Waals surface area (Å²) >= 11 is 0.